The van der Waals surface area contributed by atoms with Crippen LogP contribution in [-0.4, -0.2) is 59.7 Å². The summed E-state index contributed by atoms with van der Waals surface area (Å²) < 4.78 is 83.7. The molecule has 1 aromatic carbocycles. The Labute approximate surface area is 224 Å². The molecule has 0 atom stereocenters. The van der Waals surface area contributed by atoms with Crippen LogP contribution >= 0.6 is 11.6 Å². The molecule has 3 heterocycles. The van der Waals surface area contributed by atoms with Crippen LogP contribution in [0, 0.1) is 5.82 Å². The quantitative estimate of drug-likeness (QED) is 0.421. The van der Waals surface area contributed by atoms with Crippen molar-refractivity contribution >= 4 is 50.6 Å². The summed E-state index contributed by atoms with van der Waals surface area (Å²) in [4.78, 5) is 17.4. The van der Waals surface area contributed by atoms with Crippen LogP contribution in [0.5, 0.6) is 0 Å². The molecule has 2 aromatic heterocycles. The molecule has 0 unspecified atom stereocenters. The van der Waals surface area contributed by atoms with Crippen LogP contribution < -0.4 is 16.1 Å². The molecule has 1 aliphatic rings. The molecule has 0 fully saturated rings. The van der Waals surface area contributed by atoms with Gasteiger partial charge in [0.2, 0.25) is 0 Å². The summed E-state index contributed by atoms with van der Waals surface area (Å²) in [5.74, 6) is -1.29. The molecular weight excluding hydrogens is 570 g/mol. The second-order valence-corrected chi connectivity index (χ2v) is 10.5. The number of fused-ring (bicyclic) bond motifs is 1. The second-order valence-electron chi connectivity index (χ2n) is 8.27. The number of hydrogen-bond acceptors (Lipinski definition) is 8. The Morgan fingerprint density at radius 2 is 1.97 bits per heavy atom. The number of carbonyl (C=O) groups is 1. The Kier molecular flexibility index (Phi) is 7.53. The number of ether oxygens (including phenoxy) is 1. The molecule has 0 spiro atoms. The first-order chi connectivity index (χ1) is 18.3. The zero-order chi connectivity index (χ0) is 28.7. The fourth-order valence-electron chi connectivity index (χ4n) is 3.90. The van der Waals surface area contributed by atoms with E-state index in [1.165, 1.54) is 22.7 Å². The number of aryl methyl sites for hydroxylation is 1. The molecule has 4 rings (SSSR count). The molecule has 11 nitrogen and oxygen atoms in total. The monoisotopic (exact) mass is 591 g/mol. The van der Waals surface area contributed by atoms with E-state index in [9.17, 15) is 30.8 Å². The van der Waals surface area contributed by atoms with Gasteiger partial charge in [0.05, 0.1) is 42.3 Å². The first kappa shape index (κ1) is 28.2. The summed E-state index contributed by atoms with van der Waals surface area (Å²) in [6.07, 6.45) is 1.93. The lowest BCUT2D eigenvalue weighted by Crippen LogP contribution is -2.51. The topological polar surface area (TPSA) is 135 Å². The number of hydrazone groups is 1. The van der Waals surface area contributed by atoms with Crippen LogP contribution in [0.1, 0.15) is 28.7 Å². The normalized spacial score (nSPS) is 14.5. The molecule has 3 N–H and O–H groups in total. The average molecular weight is 592 g/mol. The van der Waals surface area contributed by atoms with Crippen molar-refractivity contribution in [3.63, 3.8) is 0 Å². The number of imidazole rings is 1. The average Bonchev–Trinajstić information content (AvgIpc) is 3.23. The maximum atomic E-state index is 15.0. The molecule has 0 radical (unpaired) electrons. The van der Waals surface area contributed by atoms with Crippen LogP contribution in [0.2, 0.25) is 5.02 Å². The lowest BCUT2D eigenvalue weighted by atomic mass is 10.1. The van der Waals surface area contributed by atoms with Gasteiger partial charge < -0.3 is 15.8 Å². The van der Waals surface area contributed by atoms with Gasteiger partial charge in [0.25, 0.3) is 5.91 Å². The number of carbonyl (C=O) groups excluding carboxylic acids is 1. The SMILES string of the molecule is CCc1nc2cc(N)c(Cl)cn2c1C(=O)NCc1ccc(N2CCN(S(=O)(=O)C(F)(F)F)C(OC)=N2)c(F)c1. The standard InChI is InChI=1S/C22H22ClF4N7O4S/c1-3-16-19(32-11-13(23)15(28)9-18(32)30-16)20(35)29-10-12-4-5-17(14(24)8-12)33-6-7-34(21(31-33)38-2)39(36,37)22(25,26)27/h4-5,8-9,11H,3,6-7,10,28H2,1-2H3,(H,29,35). The van der Waals surface area contributed by atoms with Crippen molar-refractivity contribution in [2.24, 2.45) is 5.10 Å². The number of benzene rings is 1. The number of methoxy groups -OCH3 is 1. The maximum absolute atomic E-state index is 15.0. The Morgan fingerprint density at radius 3 is 2.59 bits per heavy atom. The van der Waals surface area contributed by atoms with Crippen LogP contribution in [0.4, 0.5) is 28.9 Å². The molecule has 1 amide bonds. The van der Waals surface area contributed by atoms with Gasteiger partial charge >= 0.3 is 21.6 Å². The minimum Gasteiger partial charge on any atom is -0.467 e. The molecule has 1 aliphatic heterocycles. The second kappa shape index (κ2) is 10.4. The van der Waals surface area contributed by atoms with Gasteiger partial charge in [-0.25, -0.2) is 13.7 Å². The number of rotatable bonds is 6. The summed E-state index contributed by atoms with van der Waals surface area (Å²) >= 11 is 6.10. The minimum absolute atomic E-state index is 0.0302. The highest BCUT2D eigenvalue weighted by atomic mass is 35.5. The lowest BCUT2D eigenvalue weighted by molar-refractivity contribution is -0.0477. The number of pyridine rings is 1. The van der Waals surface area contributed by atoms with Gasteiger partial charge in [-0.05, 0) is 24.1 Å². The van der Waals surface area contributed by atoms with E-state index < -0.39 is 39.8 Å². The summed E-state index contributed by atoms with van der Waals surface area (Å²) in [6.45, 7) is 0.698. The molecule has 210 valence electrons. The number of halogens is 5. The van der Waals surface area contributed by atoms with Crippen molar-refractivity contribution < 1.29 is 35.5 Å². The highest BCUT2D eigenvalue weighted by Crippen LogP contribution is 2.30. The Balaban J connectivity index is 1.52. The number of nitrogens with two attached hydrogens (primary N) is 1. The van der Waals surface area contributed by atoms with Crippen molar-refractivity contribution in [3.05, 3.63) is 58.3 Å². The third kappa shape index (κ3) is 5.25. The van der Waals surface area contributed by atoms with Gasteiger partial charge in [0.15, 0.2) is 0 Å². The fraction of sp³-hybridized carbons (Fsp3) is 0.318. The number of nitrogens with one attached hydrogen (secondary N) is 1. The molecule has 39 heavy (non-hydrogen) atoms. The maximum Gasteiger partial charge on any atom is 0.516 e. The third-order valence-electron chi connectivity index (χ3n) is 5.81. The van der Waals surface area contributed by atoms with E-state index >= 15 is 0 Å². The van der Waals surface area contributed by atoms with E-state index in [0.29, 0.717) is 29.0 Å². The minimum atomic E-state index is -5.74. The smallest absolute Gasteiger partial charge is 0.467 e. The van der Waals surface area contributed by atoms with Gasteiger partial charge in [0.1, 0.15) is 17.2 Å². The van der Waals surface area contributed by atoms with E-state index in [-0.39, 0.29) is 33.8 Å². The largest absolute Gasteiger partial charge is 0.516 e. The molecule has 3 aromatic rings. The fourth-order valence-corrected chi connectivity index (χ4v) is 4.94. The molecule has 0 aliphatic carbocycles. The van der Waals surface area contributed by atoms with Crippen molar-refractivity contribution in [2.75, 3.05) is 30.9 Å². The molecule has 0 saturated heterocycles. The molecule has 17 heteroatoms. The van der Waals surface area contributed by atoms with E-state index in [4.69, 9.17) is 22.1 Å². The summed E-state index contributed by atoms with van der Waals surface area (Å²) in [5.41, 5.74) is 2.00. The summed E-state index contributed by atoms with van der Waals surface area (Å²) in [6, 6.07) is 4.57. The van der Waals surface area contributed by atoms with E-state index in [2.05, 4.69) is 15.4 Å². The van der Waals surface area contributed by atoms with E-state index in [0.717, 1.165) is 18.2 Å². The number of amides is 1. The van der Waals surface area contributed by atoms with Crippen LogP contribution in [0.25, 0.3) is 5.65 Å². The number of nitrogen functional groups attached to an aromatic ring is 1. The highest BCUT2D eigenvalue weighted by Gasteiger charge is 2.52. The van der Waals surface area contributed by atoms with Gasteiger partial charge in [-0.1, -0.05) is 24.6 Å². The number of amidine groups is 1. The zero-order valence-electron chi connectivity index (χ0n) is 20.5. The number of hydrogen-bond donors (Lipinski definition) is 2. The van der Waals surface area contributed by atoms with Crippen molar-refractivity contribution in [2.45, 2.75) is 25.4 Å². The van der Waals surface area contributed by atoms with Crippen LogP contribution in [-0.2, 0) is 27.7 Å². The number of alkyl halides is 3. The van der Waals surface area contributed by atoms with Crippen molar-refractivity contribution in [1.82, 2.24) is 19.0 Å². The molecule has 0 bridgehead atoms. The predicted octanol–water partition coefficient (Wildman–Crippen LogP) is 3.09. The third-order valence-corrected chi connectivity index (χ3v) is 7.63. The van der Waals surface area contributed by atoms with Gasteiger partial charge in [0, 0.05) is 18.8 Å². The predicted molar refractivity (Wildman–Crippen MR) is 135 cm³/mol. The first-order valence-corrected chi connectivity index (χ1v) is 13.1. The summed E-state index contributed by atoms with van der Waals surface area (Å²) in [5, 5.41) is 7.65. The van der Waals surface area contributed by atoms with Crippen LogP contribution in [0.3, 0.4) is 0 Å². The van der Waals surface area contributed by atoms with Crippen molar-refractivity contribution in [1.29, 1.82) is 0 Å². The van der Waals surface area contributed by atoms with Gasteiger partial charge in [-0.2, -0.15) is 21.6 Å². The highest BCUT2D eigenvalue weighted by molar-refractivity contribution is 7.90. The summed E-state index contributed by atoms with van der Waals surface area (Å²) in [7, 11) is -4.80. The number of aromatic nitrogens is 2. The Morgan fingerprint density at radius 1 is 1.26 bits per heavy atom. The lowest BCUT2D eigenvalue weighted by Gasteiger charge is -2.32. The number of anilines is 2. The van der Waals surface area contributed by atoms with Crippen molar-refractivity contribution in [3.8, 4) is 0 Å². The Bertz CT molecular complexity index is 1580. The number of nitrogens with zero attached hydrogens (tertiary/aromatic N) is 5. The van der Waals surface area contributed by atoms with Crippen LogP contribution in [0.15, 0.2) is 35.6 Å². The van der Waals surface area contributed by atoms with E-state index in [1.54, 1.807) is 6.07 Å². The van der Waals surface area contributed by atoms with Gasteiger partial charge in [-0.3, -0.25) is 14.2 Å². The zero-order valence-corrected chi connectivity index (χ0v) is 22.0. The number of sulfonamides is 1. The Hall–Kier alpha value is -3.79. The van der Waals surface area contributed by atoms with Gasteiger partial charge in [-0.15, -0.1) is 5.10 Å². The first-order valence-electron chi connectivity index (χ1n) is 11.3. The molecule has 0 saturated carbocycles. The molecular formula is C22H22ClF4N7O4S. The van der Waals surface area contributed by atoms with E-state index in [1.807, 2.05) is 6.92 Å².